The van der Waals surface area contributed by atoms with Gasteiger partial charge in [-0.15, -0.1) is 0 Å². The fourth-order valence-electron chi connectivity index (χ4n) is 18.4. The Morgan fingerprint density at radius 2 is 0.653 bits per heavy atom. The van der Waals surface area contributed by atoms with E-state index < -0.39 is 17.5 Å². The molecule has 18 heterocycles. The SMILES string of the molecule is Cn1cc(-c2ccc(CN3Cc4ccccc4C3=O)cn2)cn1.Cn1cc(-c2cnc(CN3Cc4ccccc4C3=O)c(F)c2)cn1.Cn1cc(-c2cnc(CN3Cc4cccnc4C3=O)c(F)c2)cn1.Cn1cc(-c2cnc(CN3Cc4ncccc4C3=O)c(F)c2)cn1.Cn1ncc2ccc(-c3ccc(CN4Cc5ccccc5C4=O)c(F)c3)cc21.Cn1nccc1-c1ccc(CN2Cc3ccccc3C2=O)c(F)c1. The third-order valence-electron chi connectivity index (χ3n) is 26.2. The molecule has 25 rings (SSSR count). The number of amides is 6. The number of aromatic nitrogens is 18. The van der Waals surface area contributed by atoms with E-state index in [0.29, 0.717) is 102 Å². The second-order valence-corrected chi connectivity index (χ2v) is 36.2. The van der Waals surface area contributed by atoms with E-state index in [2.05, 4.69) is 60.5 Å². The molecule has 0 saturated heterocycles. The molecule has 0 aliphatic carbocycles. The van der Waals surface area contributed by atoms with Gasteiger partial charge in [-0.1, -0.05) is 121 Å². The molecule has 732 valence electrons. The number of pyridine rings is 6. The highest BCUT2D eigenvalue weighted by atomic mass is 19.1. The number of carbonyl (C=O) groups excluding carboxylic acids is 6. The summed E-state index contributed by atoms with van der Waals surface area (Å²) in [6.07, 6.45) is 27.5. The van der Waals surface area contributed by atoms with E-state index in [1.165, 1.54) is 24.3 Å². The van der Waals surface area contributed by atoms with Crippen molar-refractivity contribution in [1.82, 2.24) is 118 Å². The maximum absolute atomic E-state index is 14.8. The van der Waals surface area contributed by atoms with Crippen LogP contribution in [-0.2, 0) is 121 Å². The van der Waals surface area contributed by atoms with Gasteiger partial charge in [-0.05, 0) is 130 Å². The van der Waals surface area contributed by atoms with Crippen molar-refractivity contribution < 1.29 is 50.7 Å². The number of fused-ring (bicyclic) bond motifs is 7. The topological polar surface area (TPSA) is 306 Å². The molecule has 0 N–H and O–H groups in total. The van der Waals surface area contributed by atoms with Crippen molar-refractivity contribution in [1.29, 1.82) is 0 Å². The number of halogens is 5. The molecule has 147 heavy (non-hydrogen) atoms. The Kier molecular flexibility index (Phi) is 27.1. The molecule has 7 aromatic carbocycles. The Morgan fingerprint density at radius 3 is 1.08 bits per heavy atom. The number of hydrogen-bond donors (Lipinski definition) is 0. The third kappa shape index (κ3) is 20.8. The van der Waals surface area contributed by atoms with Gasteiger partial charge < -0.3 is 29.4 Å². The lowest BCUT2D eigenvalue weighted by atomic mass is 10.0. The van der Waals surface area contributed by atoms with Gasteiger partial charge in [0.15, 0.2) is 0 Å². The van der Waals surface area contributed by atoms with Gasteiger partial charge in [-0.25, -0.2) is 22.0 Å². The second kappa shape index (κ2) is 41.5. The van der Waals surface area contributed by atoms with Gasteiger partial charge in [-0.2, -0.15) is 30.6 Å². The molecule has 6 aliphatic heterocycles. The van der Waals surface area contributed by atoms with E-state index in [0.717, 1.165) is 106 Å². The van der Waals surface area contributed by atoms with E-state index in [-0.39, 0.29) is 96.9 Å². The molecule has 0 fully saturated rings. The average molecular weight is 1970 g/mol. The van der Waals surface area contributed by atoms with E-state index in [4.69, 9.17) is 0 Å². The summed E-state index contributed by atoms with van der Waals surface area (Å²) in [7, 11) is 11.0. The van der Waals surface area contributed by atoms with Gasteiger partial charge in [0.25, 0.3) is 35.4 Å². The van der Waals surface area contributed by atoms with Crippen LogP contribution in [0.2, 0.25) is 0 Å². The largest absolute Gasteiger partial charge is 0.330 e. The van der Waals surface area contributed by atoms with Crippen molar-refractivity contribution in [3.8, 4) is 67.0 Å². The summed E-state index contributed by atoms with van der Waals surface area (Å²) in [5, 5.41) is 25.8. The molecule has 35 heteroatoms. The molecule has 6 aliphatic rings. The highest BCUT2D eigenvalue weighted by molar-refractivity contribution is 6.01. The molecule has 0 bridgehead atoms. The Labute approximate surface area is 839 Å². The molecule has 0 unspecified atom stereocenters. The summed E-state index contributed by atoms with van der Waals surface area (Å²) in [5.41, 5.74) is 23.0. The van der Waals surface area contributed by atoms with E-state index in [1.54, 1.807) is 197 Å². The number of carbonyl (C=O) groups is 6. The molecule has 19 aromatic rings. The van der Waals surface area contributed by atoms with E-state index in [9.17, 15) is 50.7 Å². The minimum atomic E-state index is -0.437. The normalized spacial score (nSPS) is 13.4. The Bertz CT molecular complexity index is 7930. The van der Waals surface area contributed by atoms with Gasteiger partial charge in [0.1, 0.15) is 34.8 Å². The zero-order valence-corrected chi connectivity index (χ0v) is 80.5. The molecule has 30 nitrogen and oxygen atoms in total. The fourth-order valence-corrected chi connectivity index (χ4v) is 18.4. The Morgan fingerprint density at radius 1 is 0.265 bits per heavy atom. The lowest BCUT2D eigenvalue weighted by Gasteiger charge is -2.16. The zero-order valence-electron chi connectivity index (χ0n) is 80.5. The number of benzene rings is 7. The number of hydrogen-bond acceptors (Lipinski definition) is 18. The van der Waals surface area contributed by atoms with Crippen molar-refractivity contribution in [2.24, 2.45) is 42.3 Å². The third-order valence-corrected chi connectivity index (χ3v) is 26.2. The highest BCUT2D eigenvalue weighted by Gasteiger charge is 2.35. The lowest BCUT2D eigenvalue weighted by molar-refractivity contribution is 0.0752. The smallest absolute Gasteiger partial charge is 0.273 e. The van der Waals surface area contributed by atoms with Gasteiger partial charge in [-0.3, -0.25) is 86.8 Å². The van der Waals surface area contributed by atoms with Crippen LogP contribution in [0.1, 0.15) is 130 Å². The summed E-state index contributed by atoms with van der Waals surface area (Å²) >= 11 is 0. The Hall–Kier alpha value is -18.6. The van der Waals surface area contributed by atoms with Crippen LogP contribution in [-0.4, -0.2) is 153 Å². The summed E-state index contributed by atoms with van der Waals surface area (Å²) in [6, 6.07) is 63.8. The van der Waals surface area contributed by atoms with Crippen molar-refractivity contribution in [2.45, 2.75) is 78.5 Å². The van der Waals surface area contributed by atoms with Crippen molar-refractivity contribution in [2.75, 3.05) is 0 Å². The monoisotopic (exact) mass is 1960 g/mol. The van der Waals surface area contributed by atoms with Crippen molar-refractivity contribution >= 4 is 46.3 Å². The van der Waals surface area contributed by atoms with E-state index >= 15 is 0 Å². The summed E-state index contributed by atoms with van der Waals surface area (Å²) < 4.78 is 82.8. The van der Waals surface area contributed by atoms with Crippen LogP contribution >= 0.6 is 0 Å². The first kappa shape index (κ1) is 95.9. The quantitative estimate of drug-likeness (QED) is 0.0721. The predicted octanol–water partition coefficient (Wildman–Crippen LogP) is 17.7. The fraction of sp³-hybridized carbons (Fsp3) is 0.161. The van der Waals surface area contributed by atoms with Crippen molar-refractivity contribution in [3.63, 3.8) is 0 Å². The molecule has 0 atom stereocenters. The van der Waals surface area contributed by atoms with Crippen LogP contribution in [0.15, 0.2) is 311 Å². The second-order valence-electron chi connectivity index (χ2n) is 36.2. The average Bonchev–Trinajstić information content (AvgIpc) is 1.69. The molecule has 12 aromatic heterocycles. The number of aryl methyl sites for hydroxylation is 6. The van der Waals surface area contributed by atoms with Gasteiger partial charge in [0.2, 0.25) is 0 Å². The zero-order chi connectivity index (χ0) is 102. The molecule has 0 spiro atoms. The first-order chi connectivity index (χ1) is 71.3. The van der Waals surface area contributed by atoms with Crippen LogP contribution in [0.25, 0.3) is 77.9 Å². The molecule has 6 amide bonds. The minimum Gasteiger partial charge on any atom is -0.330 e. The van der Waals surface area contributed by atoms with E-state index in [1.807, 2.05) is 190 Å². The molecular formula is C112H93F5N24O6. The number of rotatable bonds is 18. The van der Waals surface area contributed by atoms with Gasteiger partial charge >= 0.3 is 0 Å². The maximum atomic E-state index is 14.8. The van der Waals surface area contributed by atoms with Crippen LogP contribution < -0.4 is 0 Å². The summed E-state index contributed by atoms with van der Waals surface area (Å²) in [6.45, 7) is 4.51. The van der Waals surface area contributed by atoms with Crippen LogP contribution in [0.5, 0.6) is 0 Å². The minimum absolute atomic E-state index is 0.0410. The van der Waals surface area contributed by atoms with Crippen LogP contribution in [0.4, 0.5) is 22.0 Å². The van der Waals surface area contributed by atoms with Gasteiger partial charge in [0, 0.05) is 252 Å². The van der Waals surface area contributed by atoms with Crippen LogP contribution in [0, 0.1) is 29.1 Å². The highest BCUT2D eigenvalue weighted by Crippen LogP contribution is 2.36. The Balaban J connectivity index is 0.000000107. The first-order valence-electron chi connectivity index (χ1n) is 47.1. The maximum Gasteiger partial charge on any atom is 0.273 e. The van der Waals surface area contributed by atoms with Gasteiger partial charge in [0.05, 0.1) is 102 Å². The summed E-state index contributed by atoms with van der Waals surface area (Å²) in [4.78, 5) is 110. The summed E-state index contributed by atoms with van der Waals surface area (Å²) in [5.74, 6) is -2.30. The molecule has 0 saturated carbocycles. The van der Waals surface area contributed by atoms with Crippen molar-refractivity contribution in [3.05, 3.63) is 441 Å². The molecule has 0 radical (unpaired) electrons. The predicted molar refractivity (Wildman–Crippen MR) is 536 cm³/mol. The first-order valence-corrected chi connectivity index (χ1v) is 47.1. The number of nitrogens with zero attached hydrogens (tertiary/aromatic N) is 24. The van der Waals surface area contributed by atoms with Crippen LogP contribution in [0.3, 0.4) is 0 Å². The standard InChI is InChI=1S/C23H18FN3O.C19H16FN3O.C18H15FN4O.C18H16N4O.2C17H14FN5O/c1-26-22-11-16(6-8-17(22)12-25-26)15-7-9-19(21(24)10-15)14-27-13-18-4-2-3-5-20(18)23(27)28;1-22-18(8-9-21-22)13-6-7-15(17(20)10-13)12-23-11-14-4-2-3-5-16(14)19(23)24;1-22-9-14(8-21-22)13-6-16(19)17(20-7-13)11-23-10-12-4-2-3-5-15(12)18(23)24;1-21-11-15(9-20-21)17-7-6-13(8-19-17)10-22-12-14-4-2-3-5-16(14)18(22)23;1-22-8-12(7-21-22)11-5-14(18)16(20-6-11)10-23-9-15-13(17(23)24)3-2-4-19-15;1-22-8-13(7-21-22)12-5-14(18)15(20-6-12)10-23-9-11-3-2-4-19-16(11)17(23)24/h2-12H,13-14H2,1H3;2-10H,11-12H2,1H3;2-9H,10-11H2,1H3;2-9,11H,10,12H2,1H3;2*2-8H,9-10H2,1H3. The molecular weight excluding hydrogens is 1870 g/mol. The lowest BCUT2D eigenvalue weighted by Crippen LogP contribution is -2.24.